The minimum Gasteiger partial charge on any atom is -0.315 e. The van der Waals surface area contributed by atoms with Gasteiger partial charge in [-0.1, -0.05) is 158 Å². The van der Waals surface area contributed by atoms with Crippen LogP contribution in [0, 0.1) is 23.7 Å². The average molecular weight is 905 g/mol. The third-order valence-electron chi connectivity index (χ3n) is 18.5. The fourth-order valence-corrected chi connectivity index (χ4v) is 15.5. The van der Waals surface area contributed by atoms with Gasteiger partial charge in [0.25, 0.3) is 6.71 Å². The number of fused-ring (bicyclic) bond motifs is 7. The number of allylic oxidation sites excluding steroid dienone is 4. The highest BCUT2D eigenvalue weighted by Crippen LogP contribution is 2.62. The molecule has 0 N–H and O–H groups in total. The van der Waals surface area contributed by atoms with Gasteiger partial charge in [0.05, 0.1) is 11.4 Å². The minimum atomic E-state index is 0.00606. The summed E-state index contributed by atoms with van der Waals surface area (Å²) in [6, 6.07) is 31.5. The zero-order valence-electron chi connectivity index (χ0n) is 44.0. The van der Waals surface area contributed by atoms with Crippen LogP contribution in [0.15, 0.2) is 102 Å². The van der Waals surface area contributed by atoms with E-state index in [1.165, 1.54) is 112 Å². The second kappa shape index (κ2) is 14.4. The molecule has 2 aliphatic heterocycles. The molecule has 6 aliphatic rings. The molecule has 0 saturated heterocycles. The normalized spacial score (nSPS) is 23.3. The molecule has 4 aliphatic carbocycles. The predicted octanol–water partition coefficient (Wildman–Crippen LogP) is 16.8. The molecule has 1 saturated carbocycles. The second-order valence-electron chi connectivity index (χ2n) is 27.1. The molecule has 67 heavy (non-hydrogen) atoms. The Balaban J connectivity index is 1.28. The zero-order chi connectivity index (χ0) is 47.8. The van der Waals surface area contributed by atoms with Crippen LogP contribution < -0.4 is 20.0 Å². The van der Waals surface area contributed by atoms with Gasteiger partial charge in [-0.15, -0.1) is 0 Å². The van der Waals surface area contributed by atoms with Crippen LogP contribution in [0.4, 0.5) is 28.4 Å². The van der Waals surface area contributed by atoms with Crippen molar-refractivity contribution in [1.82, 2.24) is 0 Å². The summed E-state index contributed by atoms with van der Waals surface area (Å²) in [6.45, 7) is 39.9. The largest absolute Gasteiger partial charge is 0.315 e. The van der Waals surface area contributed by atoms with Gasteiger partial charge >= 0.3 is 0 Å². The molecule has 348 valence electrons. The summed E-state index contributed by atoms with van der Waals surface area (Å²) in [5.74, 6) is 0.486. The Morgan fingerprint density at radius 1 is 0.612 bits per heavy atom. The molecule has 3 heterocycles. The quantitative estimate of drug-likeness (QED) is 0.167. The number of thiophene rings is 1. The molecule has 1 aromatic heterocycles. The average Bonchev–Trinajstić information content (AvgIpc) is 3.68. The van der Waals surface area contributed by atoms with Crippen molar-refractivity contribution < 1.29 is 0 Å². The third kappa shape index (κ3) is 6.74. The van der Waals surface area contributed by atoms with Gasteiger partial charge in [0.15, 0.2) is 0 Å². The van der Waals surface area contributed by atoms with E-state index >= 15 is 0 Å². The fraction of sp³-hybridized carbons (Fsp3) is 0.492. The molecule has 1 fully saturated rings. The van der Waals surface area contributed by atoms with Crippen molar-refractivity contribution in [3.8, 4) is 11.1 Å². The summed E-state index contributed by atoms with van der Waals surface area (Å²) >= 11 is 2.17. The predicted molar refractivity (Wildman–Crippen MR) is 292 cm³/mol. The van der Waals surface area contributed by atoms with Crippen LogP contribution in [0.1, 0.15) is 181 Å². The van der Waals surface area contributed by atoms with Gasteiger partial charge in [0, 0.05) is 38.0 Å². The van der Waals surface area contributed by atoms with Gasteiger partial charge in [-0.3, -0.25) is 0 Å². The molecule has 4 heteroatoms. The Hall–Kier alpha value is -4.28. The number of benzene rings is 4. The highest BCUT2D eigenvalue weighted by atomic mass is 32.1. The summed E-state index contributed by atoms with van der Waals surface area (Å²) in [5, 5.41) is 0. The van der Waals surface area contributed by atoms with Crippen molar-refractivity contribution in [2.24, 2.45) is 16.7 Å². The highest BCUT2D eigenvalue weighted by Gasteiger charge is 2.54. The standard InChI is InChI=1S/C63H77BN2S/c1-38-32-50-53-51(33-38)66(48-25-22-40(57(2,3)4)34-42(48)39-20-18-17-19-21-39)54-52-55(63(15,16)31-30-62(52,13)14)67-56(54)64(53)47-36-45-46(61(11,12)29-28-60(45,9)10)37-49(47)65(50)41-23-24-43-44(35-41)59(7,8)27-26-58(43,5)6/h17-25,32-36,46H,26-31,37H2,1-16H3. The van der Waals surface area contributed by atoms with E-state index < -0.39 is 0 Å². The van der Waals surface area contributed by atoms with Crippen molar-refractivity contribution in [3.63, 3.8) is 0 Å². The van der Waals surface area contributed by atoms with E-state index in [0.29, 0.717) is 5.92 Å². The lowest BCUT2D eigenvalue weighted by Gasteiger charge is -2.54. The molecule has 0 radical (unpaired) electrons. The zero-order valence-corrected chi connectivity index (χ0v) is 44.8. The Bertz CT molecular complexity index is 2960. The van der Waals surface area contributed by atoms with Gasteiger partial charge < -0.3 is 9.80 Å². The number of hydrogen-bond acceptors (Lipinski definition) is 3. The summed E-state index contributed by atoms with van der Waals surface area (Å²) < 4.78 is 1.55. The first-order chi connectivity index (χ1) is 31.2. The Morgan fingerprint density at radius 3 is 1.93 bits per heavy atom. The SMILES string of the molecule is Cc1cc2c3c(c1)N(c1ccc(C(C)(C)C)cc1-c1ccccc1)c1c(sc4c1C(C)(C)CCC4(C)C)B3C1=C(CC3C(=C1)C(C)(C)CCC3(C)C)N2c1ccc2c(c1)C(C)(C)CCC2(C)C. The van der Waals surface area contributed by atoms with Crippen molar-refractivity contribution in [2.45, 2.75) is 183 Å². The molecule has 5 aromatic rings. The van der Waals surface area contributed by atoms with E-state index in [9.17, 15) is 0 Å². The molecule has 0 amide bonds. The molecule has 1 unspecified atom stereocenters. The van der Waals surface area contributed by atoms with Crippen LogP contribution in [0.2, 0.25) is 0 Å². The number of nitrogens with zero attached hydrogens (tertiary/aromatic N) is 2. The van der Waals surface area contributed by atoms with Crippen LogP contribution in [0.25, 0.3) is 11.1 Å². The van der Waals surface area contributed by atoms with E-state index in [4.69, 9.17) is 0 Å². The van der Waals surface area contributed by atoms with Gasteiger partial charge in [-0.05, 0) is 176 Å². The van der Waals surface area contributed by atoms with Crippen LogP contribution in [0.5, 0.6) is 0 Å². The second-order valence-corrected chi connectivity index (χ2v) is 28.1. The van der Waals surface area contributed by atoms with Gasteiger partial charge in [0.2, 0.25) is 0 Å². The molecule has 0 bridgehead atoms. The Labute approximate surface area is 409 Å². The van der Waals surface area contributed by atoms with E-state index in [-0.39, 0.29) is 44.6 Å². The Kier molecular flexibility index (Phi) is 9.71. The lowest BCUT2D eigenvalue weighted by atomic mass is 9.34. The van der Waals surface area contributed by atoms with E-state index in [0.717, 1.165) is 6.42 Å². The first-order valence-corrected chi connectivity index (χ1v) is 26.8. The van der Waals surface area contributed by atoms with Gasteiger partial charge in [-0.25, -0.2) is 0 Å². The number of anilines is 5. The first kappa shape index (κ1) is 45.2. The van der Waals surface area contributed by atoms with E-state index in [2.05, 4.69) is 217 Å². The summed E-state index contributed by atoms with van der Waals surface area (Å²) in [7, 11) is 0. The molecule has 4 aromatic carbocycles. The monoisotopic (exact) mass is 905 g/mol. The lowest BCUT2D eigenvalue weighted by Crippen LogP contribution is -2.56. The maximum absolute atomic E-state index is 2.81. The van der Waals surface area contributed by atoms with Gasteiger partial charge in [0.1, 0.15) is 0 Å². The summed E-state index contributed by atoms with van der Waals surface area (Å²) in [6.07, 6.45) is 11.2. The summed E-state index contributed by atoms with van der Waals surface area (Å²) in [4.78, 5) is 7.22. The third-order valence-corrected chi connectivity index (χ3v) is 20.1. The maximum Gasteiger partial charge on any atom is 0.264 e. The fourth-order valence-electron chi connectivity index (χ4n) is 13.8. The van der Waals surface area contributed by atoms with E-state index in [1.54, 1.807) is 26.3 Å². The van der Waals surface area contributed by atoms with Crippen LogP contribution in [0.3, 0.4) is 0 Å². The maximum atomic E-state index is 2.81. The lowest BCUT2D eigenvalue weighted by molar-refractivity contribution is 0.121. The van der Waals surface area contributed by atoms with Crippen LogP contribution in [-0.4, -0.2) is 6.71 Å². The van der Waals surface area contributed by atoms with E-state index in [1.807, 2.05) is 0 Å². The highest BCUT2D eigenvalue weighted by molar-refractivity contribution is 7.28. The topological polar surface area (TPSA) is 6.48 Å². The minimum absolute atomic E-state index is 0.00606. The van der Waals surface area contributed by atoms with Crippen LogP contribution >= 0.6 is 11.3 Å². The molecule has 11 rings (SSSR count). The molecular formula is C63H77BN2S. The molecule has 2 nitrogen and oxygen atoms in total. The van der Waals surface area contributed by atoms with Crippen molar-refractivity contribution in [3.05, 3.63) is 134 Å². The molecule has 0 spiro atoms. The number of hydrogen-bond donors (Lipinski definition) is 0. The molecule has 1 atom stereocenters. The number of rotatable bonds is 3. The molecular weight excluding hydrogens is 828 g/mol. The van der Waals surface area contributed by atoms with Crippen LogP contribution in [-0.2, 0) is 27.1 Å². The summed E-state index contributed by atoms with van der Waals surface area (Å²) in [5.41, 5.74) is 23.7. The number of aryl methyl sites for hydroxylation is 1. The smallest absolute Gasteiger partial charge is 0.264 e. The van der Waals surface area contributed by atoms with Crippen molar-refractivity contribution in [2.75, 3.05) is 9.80 Å². The van der Waals surface area contributed by atoms with Gasteiger partial charge in [-0.2, -0.15) is 11.3 Å². The first-order valence-electron chi connectivity index (χ1n) is 25.9. The van der Waals surface area contributed by atoms with Crippen molar-refractivity contribution in [1.29, 1.82) is 0 Å². The Morgan fingerprint density at radius 2 is 1.24 bits per heavy atom. The van der Waals surface area contributed by atoms with Crippen molar-refractivity contribution >= 4 is 56.7 Å².